The summed E-state index contributed by atoms with van der Waals surface area (Å²) >= 11 is 0. The molecule has 2 fully saturated rings. The number of nitrogens with one attached hydrogen (secondary N) is 1. The lowest BCUT2D eigenvalue weighted by Gasteiger charge is -2.24. The molecule has 2 aliphatic rings. The SMILES string of the molecule is CC(NCCN(C)CC1CCCC1)C1CCCO1. The third kappa shape index (κ3) is 4.52. The monoisotopic (exact) mass is 254 g/mol. The summed E-state index contributed by atoms with van der Waals surface area (Å²) in [6.45, 7) is 6.75. The van der Waals surface area contributed by atoms with Gasteiger partial charge in [-0.2, -0.15) is 0 Å². The van der Waals surface area contributed by atoms with Crippen LogP contribution < -0.4 is 5.32 Å². The Bertz CT molecular complexity index is 223. The summed E-state index contributed by atoms with van der Waals surface area (Å²) in [5.74, 6) is 0.964. The van der Waals surface area contributed by atoms with E-state index in [-0.39, 0.29) is 0 Å². The summed E-state index contributed by atoms with van der Waals surface area (Å²) in [4.78, 5) is 2.49. The molecule has 0 aromatic carbocycles. The van der Waals surface area contributed by atoms with Gasteiger partial charge in [0.15, 0.2) is 0 Å². The molecule has 3 heteroatoms. The van der Waals surface area contributed by atoms with Crippen molar-refractivity contribution in [2.45, 2.75) is 57.6 Å². The first-order valence-corrected chi connectivity index (χ1v) is 7.79. The highest BCUT2D eigenvalue weighted by Gasteiger charge is 2.22. The van der Waals surface area contributed by atoms with Gasteiger partial charge in [-0.1, -0.05) is 12.8 Å². The molecule has 0 bridgehead atoms. The summed E-state index contributed by atoms with van der Waals surface area (Å²) < 4.78 is 5.70. The zero-order valence-electron chi connectivity index (χ0n) is 12.2. The Hall–Kier alpha value is -0.120. The smallest absolute Gasteiger partial charge is 0.0726 e. The normalized spacial score (nSPS) is 27.2. The van der Waals surface area contributed by atoms with Gasteiger partial charge in [0.05, 0.1) is 6.10 Å². The van der Waals surface area contributed by atoms with E-state index >= 15 is 0 Å². The second-order valence-electron chi connectivity index (χ2n) is 6.21. The fourth-order valence-electron chi connectivity index (χ4n) is 3.34. The average Bonchev–Trinajstić information content (AvgIpc) is 3.00. The minimum absolute atomic E-state index is 0.449. The zero-order valence-corrected chi connectivity index (χ0v) is 12.2. The van der Waals surface area contributed by atoms with Crippen LogP contribution in [0.25, 0.3) is 0 Å². The summed E-state index contributed by atoms with van der Waals surface area (Å²) in [5.41, 5.74) is 0. The van der Waals surface area contributed by atoms with Crippen LogP contribution in [0.1, 0.15) is 45.4 Å². The average molecular weight is 254 g/mol. The molecule has 0 aromatic rings. The molecule has 1 saturated carbocycles. The molecule has 2 atom stereocenters. The third-order valence-electron chi connectivity index (χ3n) is 4.53. The molecule has 3 nitrogen and oxygen atoms in total. The van der Waals surface area contributed by atoms with Gasteiger partial charge in [0.25, 0.3) is 0 Å². The van der Waals surface area contributed by atoms with E-state index in [1.807, 2.05) is 0 Å². The van der Waals surface area contributed by atoms with Crippen molar-refractivity contribution in [3.63, 3.8) is 0 Å². The maximum absolute atomic E-state index is 5.70. The van der Waals surface area contributed by atoms with Crippen molar-refractivity contribution in [3.05, 3.63) is 0 Å². The van der Waals surface area contributed by atoms with Crippen molar-refractivity contribution in [1.82, 2.24) is 10.2 Å². The lowest BCUT2D eigenvalue weighted by molar-refractivity contribution is 0.0828. The number of hydrogen-bond donors (Lipinski definition) is 1. The van der Waals surface area contributed by atoms with Crippen LogP contribution in [-0.2, 0) is 4.74 Å². The van der Waals surface area contributed by atoms with Crippen molar-refractivity contribution in [1.29, 1.82) is 0 Å². The van der Waals surface area contributed by atoms with Crippen LogP contribution in [0.2, 0.25) is 0 Å². The Balaban J connectivity index is 1.53. The maximum atomic E-state index is 5.70. The predicted molar refractivity (Wildman–Crippen MR) is 75.9 cm³/mol. The molecule has 0 spiro atoms. The third-order valence-corrected chi connectivity index (χ3v) is 4.53. The molecule has 1 aliphatic heterocycles. The fraction of sp³-hybridized carbons (Fsp3) is 1.00. The lowest BCUT2D eigenvalue weighted by atomic mass is 10.1. The van der Waals surface area contributed by atoms with E-state index in [1.54, 1.807) is 0 Å². The van der Waals surface area contributed by atoms with E-state index in [9.17, 15) is 0 Å². The molecule has 2 unspecified atom stereocenters. The van der Waals surface area contributed by atoms with Gasteiger partial charge in [0.1, 0.15) is 0 Å². The van der Waals surface area contributed by atoms with Crippen LogP contribution in [0.3, 0.4) is 0 Å². The van der Waals surface area contributed by atoms with E-state index in [2.05, 4.69) is 24.2 Å². The largest absolute Gasteiger partial charge is 0.377 e. The molecule has 0 radical (unpaired) electrons. The first-order valence-electron chi connectivity index (χ1n) is 7.79. The summed E-state index contributed by atoms with van der Waals surface area (Å²) in [5, 5.41) is 3.61. The number of ether oxygens (including phenoxy) is 1. The van der Waals surface area contributed by atoms with Gasteiger partial charge in [-0.05, 0) is 45.6 Å². The summed E-state index contributed by atoms with van der Waals surface area (Å²) in [7, 11) is 2.26. The van der Waals surface area contributed by atoms with Crippen LogP contribution in [0.5, 0.6) is 0 Å². The molecule has 1 N–H and O–H groups in total. The van der Waals surface area contributed by atoms with Crippen LogP contribution in [0.4, 0.5) is 0 Å². The van der Waals surface area contributed by atoms with Gasteiger partial charge >= 0.3 is 0 Å². The van der Waals surface area contributed by atoms with Gasteiger partial charge in [0.2, 0.25) is 0 Å². The van der Waals surface area contributed by atoms with Gasteiger partial charge in [-0.25, -0.2) is 0 Å². The molecule has 0 amide bonds. The molecule has 18 heavy (non-hydrogen) atoms. The van der Waals surface area contributed by atoms with Crippen LogP contribution in [0.15, 0.2) is 0 Å². The Kier molecular flexibility index (Phi) is 5.93. The van der Waals surface area contributed by atoms with E-state index < -0.39 is 0 Å². The highest BCUT2D eigenvalue weighted by Crippen LogP contribution is 2.24. The topological polar surface area (TPSA) is 24.5 Å². The standard InChI is InChI=1S/C15H30N2O/c1-13(15-8-5-11-18-15)16-9-10-17(2)12-14-6-3-4-7-14/h13-16H,3-12H2,1-2H3. The molecule has 2 rings (SSSR count). The Morgan fingerprint density at radius 2 is 2.00 bits per heavy atom. The van der Waals surface area contributed by atoms with Crippen molar-refractivity contribution in [3.8, 4) is 0 Å². The van der Waals surface area contributed by atoms with Gasteiger partial charge in [-0.3, -0.25) is 0 Å². The van der Waals surface area contributed by atoms with Crippen molar-refractivity contribution in [2.75, 3.05) is 33.3 Å². The highest BCUT2D eigenvalue weighted by molar-refractivity contribution is 4.77. The second kappa shape index (κ2) is 7.46. The summed E-state index contributed by atoms with van der Waals surface area (Å²) in [6.07, 6.45) is 8.71. The number of nitrogens with zero attached hydrogens (tertiary/aromatic N) is 1. The maximum Gasteiger partial charge on any atom is 0.0726 e. The molecule has 1 saturated heterocycles. The Morgan fingerprint density at radius 1 is 1.22 bits per heavy atom. The van der Waals surface area contributed by atoms with Gasteiger partial charge in [-0.15, -0.1) is 0 Å². The molecular weight excluding hydrogens is 224 g/mol. The van der Waals surface area contributed by atoms with Crippen molar-refractivity contribution < 1.29 is 4.74 Å². The molecule has 106 valence electrons. The van der Waals surface area contributed by atoms with Gasteiger partial charge in [0, 0.05) is 32.3 Å². The quantitative estimate of drug-likeness (QED) is 0.754. The number of hydrogen-bond acceptors (Lipinski definition) is 3. The van der Waals surface area contributed by atoms with Crippen molar-refractivity contribution in [2.24, 2.45) is 5.92 Å². The van der Waals surface area contributed by atoms with E-state index in [0.717, 1.165) is 25.6 Å². The minimum Gasteiger partial charge on any atom is -0.377 e. The molecule has 1 aliphatic carbocycles. The lowest BCUT2D eigenvalue weighted by Crippen LogP contribution is -2.41. The van der Waals surface area contributed by atoms with Crippen LogP contribution in [0, 0.1) is 5.92 Å². The highest BCUT2D eigenvalue weighted by atomic mass is 16.5. The van der Waals surface area contributed by atoms with E-state index in [4.69, 9.17) is 4.74 Å². The predicted octanol–water partition coefficient (Wildman–Crippen LogP) is 2.27. The first kappa shape index (κ1) is 14.3. The fourth-order valence-corrected chi connectivity index (χ4v) is 3.34. The van der Waals surface area contributed by atoms with Crippen molar-refractivity contribution >= 4 is 0 Å². The molecule has 0 aromatic heterocycles. The Morgan fingerprint density at radius 3 is 2.67 bits per heavy atom. The van der Waals surface area contributed by atoms with E-state index in [1.165, 1.54) is 45.1 Å². The summed E-state index contributed by atoms with van der Waals surface area (Å²) in [6, 6.07) is 0.507. The van der Waals surface area contributed by atoms with Crippen LogP contribution in [-0.4, -0.2) is 50.3 Å². The zero-order chi connectivity index (χ0) is 12.8. The Labute approximate surface area is 112 Å². The van der Waals surface area contributed by atoms with Gasteiger partial charge < -0.3 is 15.0 Å². The van der Waals surface area contributed by atoms with E-state index in [0.29, 0.717) is 12.1 Å². The molecular formula is C15H30N2O. The minimum atomic E-state index is 0.449. The second-order valence-corrected chi connectivity index (χ2v) is 6.21. The number of likely N-dealkylation sites (N-methyl/N-ethyl adjacent to an activating group) is 1. The first-order chi connectivity index (χ1) is 8.75. The number of rotatable bonds is 7. The molecule has 1 heterocycles. The van der Waals surface area contributed by atoms with Crippen LogP contribution >= 0.6 is 0 Å².